The number of aryl methyl sites for hydroxylation is 2. The van der Waals surface area contributed by atoms with E-state index in [1.54, 1.807) is 0 Å². The van der Waals surface area contributed by atoms with Gasteiger partial charge in [0.25, 0.3) is 5.91 Å². The highest BCUT2D eigenvalue weighted by molar-refractivity contribution is 5.98. The van der Waals surface area contributed by atoms with E-state index in [1.807, 2.05) is 86.6 Å². The Morgan fingerprint density at radius 1 is 0.963 bits per heavy atom. The molecular weight excluding hydrogens is 336 g/mol. The van der Waals surface area contributed by atoms with Crippen molar-refractivity contribution in [2.24, 2.45) is 0 Å². The van der Waals surface area contributed by atoms with Gasteiger partial charge in [-0.3, -0.25) is 4.79 Å². The molecule has 0 heterocycles. The van der Waals surface area contributed by atoms with Gasteiger partial charge in [-0.1, -0.05) is 54.6 Å². The van der Waals surface area contributed by atoms with Crippen molar-refractivity contribution in [3.05, 3.63) is 95.1 Å². The highest BCUT2D eigenvalue weighted by Crippen LogP contribution is 2.24. The number of anilines is 2. The SMILES string of the molecule is Cc1ccc(C)c(NC(=O)C(Nc2cccc(CO)c2)c2ccccc2)c1. The number of hydrogen-bond acceptors (Lipinski definition) is 3. The molecule has 3 N–H and O–H groups in total. The largest absolute Gasteiger partial charge is 0.392 e. The molecule has 0 aliphatic rings. The zero-order valence-corrected chi connectivity index (χ0v) is 15.6. The van der Waals surface area contributed by atoms with Gasteiger partial charge in [0, 0.05) is 11.4 Å². The lowest BCUT2D eigenvalue weighted by Gasteiger charge is -2.21. The summed E-state index contributed by atoms with van der Waals surface area (Å²) < 4.78 is 0. The summed E-state index contributed by atoms with van der Waals surface area (Å²) in [5.41, 5.74) is 5.37. The summed E-state index contributed by atoms with van der Waals surface area (Å²) in [4.78, 5) is 13.1. The summed E-state index contributed by atoms with van der Waals surface area (Å²) in [6.45, 7) is 3.94. The number of aliphatic hydroxyl groups is 1. The van der Waals surface area contributed by atoms with Gasteiger partial charge in [0.1, 0.15) is 6.04 Å². The number of hydrogen-bond donors (Lipinski definition) is 3. The maximum Gasteiger partial charge on any atom is 0.251 e. The molecule has 4 nitrogen and oxygen atoms in total. The van der Waals surface area contributed by atoms with Crippen molar-refractivity contribution >= 4 is 17.3 Å². The van der Waals surface area contributed by atoms with Crippen LogP contribution in [0, 0.1) is 13.8 Å². The van der Waals surface area contributed by atoms with Crippen molar-refractivity contribution in [1.82, 2.24) is 0 Å². The third-order valence-electron chi connectivity index (χ3n) is 4.47. The second-order valence-electron chi connectivity index (χ2n) is 6.65. The minimum absolute atomic E-state index is 0.0415. The predicted molar refractivity (Wildman–Crippen MR) is 110 cm³/mol. The fourth-order valence-corrected chi connectivity index (χ4v) is 2.95. The first-order chi connectivity index (χ1) is 13.1. The average molecular weight is 360 g/mol. The first-order valence-electron chi connectivity index (χ1n) is 8.96. The highest BCUT2D eigenvalue weighted by atomic mass is 16.3. The highest BCUT2D eigenvalue weighted by Gasteiger charge is 2.21. The van der Waals surface area contributed by atoms with Gasteiger partial charge in [-0.15, -0.1) is 0 Å². The van der Waals surface area contributed by atoms with Crippen LogP contribution in [0.15, 0.2) is 72.8 Å². The topological polar surface area (TPSA) is 61.4 Å². The first-order valence-corrected chi connectivity index (χ1v) is 8.96. The summed E-state index contributed by atoms with van der Waals surface area (Å²) in [5.74, 6) is -0.135. The third kappa shape index (κ3) is 4.74. The van der Waals surface area contributed by atoms with Crippen molar-refractivity contribution in [2.75, 3.05) is 10.6 Å². The Hall–Kier alpha value is -3.11. The Kier molecular flexibility index (Phi) is 5.89. The van der Waals surface area contributed by atoms with Crippen LogP contribution in [-0.4, -0.2) is 11.0 Å². The number of carbonyl (C=O) groups excluding carboxylic acids is 1. The normalized spacial score (nSPS) is 11.7. The molecule has 3 aromatic rings. The van der Waals surface area contributed by atoms with Gasteiger partial charge in [-0.05, 0) is 54.3 Å². The molecule has 0 fully saturated rings. The van der Waals surface area contributed by atoms with E-state index in [0.29, 0.717) is 0 Å². The molecule has 0 saturated heterocycles. The van der Waals surface area contributed by atoms with Gasteiger partial charge in [-0.25, -0.2) is 0 Å². The number of benzene rings is 3. The zero-order chi connectivity index (χ0) is 19.2. The Balaban J connectivity index is 1.89. The lowest BCUT2D eigenvalue weighted by atomic mass is 10.0. The summed E-state index contributed by atoms with van der Waals surface area (Å²) in [6.07, 6.45) is 0. The number of amides is 1. The van der Waals surface area contributed by atoms with Crippen LogP contribution >= 0.6 is 0 Å². The van der Waals surface area contributed by atoms with Crippen molar-refractivity contribution in [3.63, 3.8) is 0 Å². The molecule has 0 spiro atoms. The van der Waals surface area contributed by atoms with Gasteiger partial charge in [0.15, 0.2) is 0 Å². The molecule has 0 aliphatic carbocycles. The van der Waals surface area contributed by atoms with Crippen LogP contribution in [0.3, 0.4) is 0 Å². The molecule has 0 saturated carbocycles. The second kappa shape index (κ2) is 8.52. The number of aliphatic hydroxyl groups excluding tert-OH is 1. The fraction of sp³-hybridized carbons (Fsp3) is 0.174. The van der Waals surface area contributed by atoms with E-state index in [1.165, 1.54) is 0 Å². The van der Waals surface area contributed by atoms with Crippen molar-refractivity contribution in [3.8, 4) is 0 Å². The van der Waals surface area contributed by atoms with Crippen LogP contribution < -0.4 is 10.6 Å². The molecule has 27 heavy (non-hydrogen) atoms. The smallest absolute Gasteiger partial charge is 0.251 e. The molecule has 0 aromatic heterocycles. The molecule has 0 bridgehead atoms. The Morgan fingerprint density at radius 3 is 2.48 bits per heavy atom. The molecular formula is C23H24N2O2. The lowest BCUT2D eigenvalue weighted by molar-refractivity contribution is -0.117. The maximum atomic E-state index is 13.1. The van der Waals surface area contributed by atoms with Crippen LogP contribution in [0.1, 0.15) is 28.3 Å². The van der Waals surface area contributed by atoms with Crippen molar-refractivity contribution < 1.29 is 9.90 Å². The van der Waals surface area contributed by atoms with Gasteiger partial charge in [0.05, 0.1) is 6.61 Å². The van der Waals surface area contributed by atoms with Crippen molar-refractivity contribution in [1.29, 1.82) is 0 Å². The fourth-order valence-electron chi connectivity index (χ4n) is 2.95. The minimum Gasteiger partial charge on any atom is -0.392 e. The van der Waals surface area contributed by atoms with Crippen molar-refractivity contribution in [2.45, 2.75) is 26.5 Å². The predicted octanol–water partition coefficient (Wildman–Crippen LogP) is 4.59. The lowest BCUT2D eigenvalue weighted by Crippen LogP contribution is -2.27. The minimum atomic E-state index is -0.556. The summed E-state index contributed by atoms with van der Waals surface area (Å²) in [5, 5.41) is 15.7. The van der Waals surface area contributed by atoms with E-state index in [-0.39, 0.29) is 12.5 Å². The number of rotatable bonds is 6. The maximum absolute atomic E-state index is 13.1. The molecule has 3 aromatic carbocycles. The van der Waals surface area contributed by atoms with Gasteiger partial charge < -0.3 is 15.7 Å². The Bertz CT molecular complexity index is 923. The second-order valence-corrected chi connectivity index (χ2v) is 6.65. The molecule has 1 amide bonds. The molecule has 0 aliphatic heterocycles. The Labute approximate surface area is 159 Å². The van der Waals surface area contributed by atoms with E-state index in [2.05, 4.69) is 10.6 Å². The molecule has 1 unspecified atom stereocenters. The van der Waals surface area contributed by atoms with Gasteiger partial charge in [0.2, 0.25) is 0 Å². The van der Waals surface area contributed by atoms with Crippen LogP contribution in [-0.2, 0) is 11.4 Å². The summed E-state index contributed by atoms with van der Waals surface area (Å²) >= 11 is 0. The third-order valence-corrected chi connectivity index (χ3v) is 4.47. The quantitative estimate of drug-likeness (QED) is 0.603. The standard InChI is InChI=1S/C23H24N2O2/c1-16-11-12-17(2)21(13-16)25-23(27)22(19-8-4-3-5-9-19)24-20-10-6-7-18(14-20)15-26/h3-14,22,24,26H,15H2,1-2H3,(H,25,27). The van der Waals surface area contributed by atoms with E-state index >= 15 is 0 Å². The summed E-state index contributed by atoms with van der Waals surface area (Å²) in [7, 11) is 0. The molecule has 1 atom stereocenters. The molecule has 0 radical (unpaired) electrons. The summed E-state index contributed by atoms with van der Waals surface area (Å²) in [6, 6.07) is 22.5. The van der Waals surface area contributed by atoms with Crippen LogP contribution in [0.4, 0.5) is 11.4 Å². The van der Waals surface area contributed by atoms with Crippen LogP contribution in [0.25, 0.3) is 0 Å². The molecule has 138 valence electrons. The van der Waals surface area contributed by atoms with E-state index in [4.69, 9.17) is 0 Å². The number of nitrogens with one attached hydrogen (secondary N) is 2. The molecule has 4 heteroatoms. The van der Waals surface area contributed by atoms with Gasteiger partial charge in [-0.2, -0.15) is 0 Å². The van der Waals surface area contributed by atoms with Crippen LogP contribution in [0.2, 0.25) is 0 Å². The Morgan fingerprint density at radius 2 is 1.74 bits per heavy atom. The van der Waals surface area contributed by atoms with Crippen LogP contribution in [0.5, 0.6) is 0 Å². The number of carbonyl (C=O) groups is 1. The first kappa shape index (κ1) is 18.7. The van der Waals surface area contributed by atoms with E-state index < -0.39 is 6.04 Å². The zero-order valence-electron chi connectivity index (χ0n) is 15.6. The average Bonchev–Trinajstić information content (AvgIpc) is 2.69. The monoisotopic (exact) mass is 360 g/mol. The van der Waals surface area contributed by atoms with E-state index in [9.17, 15) is 9.90 Å². The van der Waals surface area contributed by atoms with E-state index in [0.717, 1.165) is 33.6 Å². The van der Waals surface area contributed by atoms with Gasteiger partial charge >= 0.3 is 0 Å². The molecule has 3 rings (SSSR count).